The highest BCUT2D eigenvalue weighted by atomic mass is 32.2. The van der Waals surface area contributed by atoms with E-state index in [0.717, 1.165) is 5.56 Å². The maximum Gasteiger partial charge on any atom is 0.326 e. The van der Waals surface area contributed by atoms with Crippen LogP contribution in [0.5, 0.6) is 0 Å². The molecule has 0 bridgehead atoms. The lowest BCUT2D eigenvalue weighted by Gasteiger charge is -2.17. The fourth-order valence-electron chi connectivity index (χ4n) is 1.85. The Bertz CT molecular complexity index is 759. The second kappa shape index (κ2) is 9.30. The number of likely N-dealkylation sites (N-methyl/N-ethyl adjacent to an activating group) is 1. The lowest BCUT2D eigenvalue weighted by Crippen LogP contribution is -2.41. The number of sulfonamides is 1. The molecule has 0 fully saturated rings. The molecule has 2 N–H and O–H groups in total. The number of benzene rings is 1. The summed E-state index contributed by atoms with van der Waals surface area (Å²) in [5.74, 6) is -1.90. The van der Waals surface area contributed by atoms with Gasteiger partial charge in [0, 0.05) is 14.1 Å². The molecule has 0 aromatic heterocycles. The Kier molecular flexibility index (Phi) is 7.72. The number of rotatable bonds is 8. The molecule has 0 saturated carbocycles. The summed E-state index contributed by atoms with van der Waals surface area (Å²) in [6.07, 6.45) is -0.977. The van der Waals surface area contributed by atoms with Crippen LogP contribution in [0, 0.1) is 6.92 Å². The summed E-state index contributed by atoms with van der Waals surface area (Å²) in [4.78, 5) is 36.2. The van der Waals surface area contributed by atoms with Crippen molar-refractivity contribution < 1.29 is 27.5 Å². The first-order chi connectivity index (χ1) is 12.0. The van der Waals surface area contributed by atoms with Crippen molar-refractivity contribution in [1.82, 2.24) is 14.9 Å². The molecule has 1 atom stereocenters. The zero-order valence-corrected chi connectivity index (χ0v) is 15.9. The van der Waals surface area contributed by atoms with E-state index in [0.29, 0.717) is 0 Å². The molecule has 9 nitrogen and oxygen atoms in total. The van der Waals surface area contributed by atoms with E-state index in [2.05, 4.69) is 10.0 Å². The van der Waals surface area contributed by atoms with Crippen LogP contribution in [0.15, 0.2) is 29.2 Å². The van der Waals surface area contributed by atoms with Crippen molar-refractivity contribution in [3.63, 3.8) is 0 Å². The van der Waals surface area contributed by atoms with Crippen LogP contribution in [-0.4, -0.2) is 64.4 Å². The Morgan fingerprint density at radius 1 is 1.12 bits per heavy atom. The lowest BCUT2D eigenvalue weighted by atomic mass is 10.2. The van der Waals surface area contributed by atoms with Gasteiger partial charge in [-0.25, -0.2) is 13.1 Å². The Labute approximate surface area is 152 Å². The van der Waals surface area contributed by atoms with Crippen molar-refractivity contribution >= 4 is 27.8 Å². The summed E-state index contributed by atoms with van der Waals surface area (Å²) in [5.41, 5.74) is 0.905. The van der Waals surface area contributed by atoms with Crippen molar-refractivity contribution in [2.24, 2.45) is 0 Å². The van der Waals surface area contributed by atoms with Gasteiger partial charge in [-0.3, -0.25) is 14.4 Å². The van der Waals surface area contributed by atoms with Crippen molar-refractivity contribution in [3.8, 4) is 0 Å². The highest BCUT2D eigenvalue weighted by Gasteiger charge is 2.20. The summed E-state index contributed by atoms with van der Waals surface area (Å²) in [6, 6.07) is 6.13. The van der Waals surface area contributed by atoms with Crippen LogP contribution >= 0.6 is 0 Å². The summed E-state index contributed by atoms with van der Waals surface area (Å²) >= 11 is 0. The summed E-state index contributed by atoms with van der Waals surface area (Å²) in [7, 11) is -0.783. The van der Waals surface area contributed by atoms with Gasteiger partial charge >= 0.3 is 5.97 Å². The predicted molar refractivity (Wildman–Crippen MR) is 93.6 cm³/mol. The second-order valence-corrected chi connectivity index (χ2v) is 7.55. The van der Waals surface area contributed by atoms with Crippen LogP contribution in [0.2, 0.25) is 0 Å². The zero-order valence-electron chi connectivity index (χ0n) is 15.1. The molecule has 1 aromatic rings. The van der Waals surface area contributed by atoms with Crippen molar-refractivity contribution in [2.75, 3.05) is 27.2 Å². The SMILES string of the molecule is Cc1ccc(S(=O)(=O)NCC(=O)NCC(=O)O[C@H](C)C(=O)N(C)C)cc1. The number of aryl methyl sites for hydroxylation is 1. The fourth-order valence-corrected chi connectivity index (χ4v) is 2.83. The molecule has 0 heterocycles. The lowest BCUT2D eigenvalue weighted by molar-refractivity contribution is -0.157. The molecular formula is C16H23N3O6S. The molecule has 26 heavy (non-hydrogen) atoms. The standard InChI is InChI=1S/C16H23N3O6S/c1-11-5-7-13(8-6-11)26(23,24)18-9-14(20)17-10-15(21)25-12(2)16(22)19(3)4/h5-8,12,18H,9-10H2,1-4H3,(H,17,20)/t12-/m1/s1. The molecule has 1 aromatic carbocycles. The van der Waals surface area contributed by atoms with E-state index in [-0.39, 0.29) is 4.90 Å². The minimum Gasteiger partial charge on any atom is -0.451 e. The molecule has 0 aliphatic carbocycles. The molecule has 0 aliphatic rings. The van der Waals surface area contributed by atoms with Crippen molar-refractivity contribution in [2.45, 2.75) is 24.8 Å². The molecule has 10 heteroatoms. The number of carbonyl (C=O) groups is 3. The van der Waals surface area contributed by atoms with Crippen LogP contribution in [-0.2, 0) is 29.1 Å². The van der Waals surface area contributed by atoms with Crippen LogP contribution in [0.25, 0.3) is 0 Å². The Morgan fingerprint density at radius 3 is 2.23 bits per heavy atom. The Balaban J connectivity index is 2.43. The van der Waals surface area contributed by atoms with Gasteiger partial charge in [-0.2, -0.15) is 0 Å². The van der Waals surface area contributed by atoms with Crippen LogP contribution in [0.4, 0.5) is 0 Å². The number of amides is 2. The summed E-state index contributed by atoms with van der Waals surface area (Å²) < 4.78 is 31.1. The van der Waals surface area contributed by atoms with Gasteiger partial charge in [0.25, 0.3) is 5.91 Å². The van der Waals surface area contributed by atoms with E-state index < -0.39 is 47.0 Å². The first-order valence-corrected chi connectivity index (χ1v) is 9.25. The molecule has 0 unspecified atom stereocenters. The number of hydrogen-bond acceptors (Lipinski definition) is 6. The maximum absolute atomic E-state index is 12.0. The summed E-state index contributed by atoms with van der Waals surface area (Å²) in [6.45, 7) is 2.23. The maximum atomic E-state index is 12.0. The third kappa shape index (κ3) is 6.81. The van der Waals surface area contributed by atoms with Gasteiger partial charge in [-0.1, -0.05) is 17.7 Å². The third-order valence-corrected chi connectivity index (χ3v) is 4.70. The number of nitrogens with zero attached hydrogens (tertiary/aromatic N) is 1. The number of esters is 1. The minimum absolute atomic E-state index is 0.0336. The Morgan fingerprint density at radius 2 is 1.69 bits per heavy atom. The zero-order chi connectivity index (χ0) is 19.9. The second-order valence-electron chi connectivity index (χ2n) is 5.78. The molecule has 0 radical (unpaired) electrons. The molecule has 2 amide bonds. The van der Waals surface area contributed by atoms with E-state index in [9.17, 15) is 22.8 Å². The first kappa shape index (κ1) is 21.6. The molecule has 1 rings (SSSR count). The minimum atomic E-state index is -3.83. The van der Waals surface area contributed by atoms with Crippen molar-refractivity contribution in [1.29, 1.82) is 0 Å². The number of nitrogens with one attached hydrogen (secondary N) is 2. The molecule has 144 valence electrons. The third-order valence-electron chi connectivity index (χ3n) is 3.28. The molecule has 0 spiro atoms. The largest absolute Gasteiger partial charge is 0.451 e. The highest BCUT2D eigenvalue weighted by molar-refractivity contribution is 7.89. The molecule has 0 saturated heterocycles. The van der Waals surface area contributed by atoms with Crippen LogP contribution in [0.3, 0.4) is 0 Å². The van der Waals surface area contributed by atoms with Gasteiger partial charge in [-0.15, -0.1) is 0 Å². The van der Waals surface area contributed by atoms with Gasteiger partial charge < -0.3 is 15.0 Å². The Hall–Kier alpha value is -2.46. The quantitative estimate of drug-likeness (QED) is 0.577. The molecular weight excluding hydrogens is 362 g/mol. The smallest absolute Gasteiger partial charge is 0.326 e. The van der Waals surface area contributed by atoms with Gasteiger partial charge in [0.1, 0.15) is 6.54 Å². The van der Waals surface area contributed by atoms with Crippen LogP contribution < -0.4 is 10.0 Å². The number of carbonyl (C=O) groups excluding carboxylic acids is 3. The average Bonchev–Trinajstić information content (AvgIpc) is 2.57. The fraction of sp³-hybridized carbons (Fsp3) is 0.438. The van der Waals surface area contributed by atoms with Gasteiger partial charge in [-0.05, 0) is 26.0 Å². The molecule has 0 aliphatic heterocycles. The highest BCUT2D eigenvalue weighted by Crippen LogP contribution is 2.09. The van der Waals surface area contributed by atoms with Gasteiger partial charge in [0.15, 0.2) is 6.10 Å². The number of ether oxygens (including phenoxy) is 1. The van der Waals surface area contributed by atoms with Crippen LogP contribution in [0.1, 0.15) is 12.5 Å². The first-order valence-electron chi connectivity index (χ1n) is 7.76. The summed E-state index contributed by atoms with van der Waals surface area (Å²) in [5, 5.41) is 2.22. The number of hydrogen-bond donors (Lipinski definition) is 2. The predicted octanol–water partition coefficient (Wildman–Crippen LogP) is -0.591. The monoisotopic (exact) mass is 385 g/mol. The van der Waals surface area contributed by atoms with E-state index in [4.69, 9.17) is 4.74 Å². The van der Waals surface area contributed by atoms with E-state index in [1.54, 1.807) is 12.1 Å². The van der Waals surface area contributed by atoms with Gasteiger partial charge in [0.2, 0.25) is 15.9 Å². The van der Waals surface area contributed by atoms with E-state index in [1.807, 2.05) is 6.92 Å². The average molecular weight is 385 g/mol. The topological polar surface area (TPSA) is 122 Å². The van der Waals surface area contributed by atoms with E-state index in [1.165, 1.54) is 38.1 Å². The van der Waals surface area contributed by atoms with E-state index >= 15 is 0 Å². The van der Waals surface area contributed by atoms with Gasteiger partial charge in [0.05, 0.1) is 11.4 Å². The normalized spacial score (nSPS) is 12.2. The van der Waals surface area contributed by atoms with Crippen molar-refractivity contribution in [3.05, 3.63) is 29.8 Å².